The maximum atomic E-state index is 6.42. The predicted octanol–water partition coefficient (Wildman–Crippen LogP) is 5.06. The number of hydrogen-bond donors (Lipinski definition) is 0. The third-order valence-electron chi connectivity index (χ3n) is 4.45. The van der Waals surface area contributed by atoms with Crippen molar-refractivity contribution >= 4 is 0 Å². The lowest BCUT2D eigenvalue weighted by atomic mass is 9.81. The summed E-state index contributed by atoms with van der Waals surface area (Å²) in [5.41, 5.74) is 2.24. The van der Waals surface area contributed by atoms with Gasteiger partial charge in [-0.25, -0.2) is 0 Å². The first-order valence-electron chi connectivity index (χ1n) is 9.07. The van der Waals surface area contributed by atoms with Gasteiger partial charge < -0.3 is 9.47 Å². The molecule has 2 aromatic carbocycles. The first-order valence-corrected chi connectivity index (χ1v) is 9.07. The van der Waals surface area contributed by atoms with Crippen LogP contribution < -0.4 is 0 Å². The Morgan fingerprint density at radius 3 is 1.62 bits per heavy atom. The van der Waals surface area contributed by atoms with Gasteiger partial charge in [-0.05, 0) is 31.4 Å². The van der Waals surface area contributed by atoms with Crippen LogP contribution in [0.3, 0.4) is 0 Å². The molecule has 2 nitrogen and oxygen atoms in total. The van der Waals surface area contributed by atoms with E-state index in [4.69, 9.17) is 9.47 Å². The average Bonchev–Trinajstić information content (AvgIpc) is 2.61. The van der Waals surface area contributed by atoms with Crippen LogP contribution in [0.25, 0.3) is 0 Å². The number of benzene rings is 2. The molecule has 0 fully saturated rings. The van der Waals surface area contributed by atoms with Crippen LogP contribution in [0.1, 0.15) is 38.3 Å². The summed E-state index contributed by atoms with van der Waals surface area (Å²) in [5, 5.41) is 0. The van der Waals surface area contributed by atoms with E-state index in [-0.39, 0.29) is 11.7 Å². The fourth-order valence-corrected chi connectivity index (χ4v) is 3.50. The van der Waals surface area contributed by atoms with Crippen molar-refractivity contribution in [3.63, 3.8) is 0 Å². The zero-order valence-electron chi connectivity index (χ0n) is 15.2. The van der Waals surface area contributed by atoms with Crippen molar-refractivity contribution in [2.75, 3.05) is 13.2 Å². The standard InChI is InChI=1S/C22H30O2/c1-4-21(23-5-2)22(24-6-3,17-19-13-9-7-10-14-19)18-20-15-11-8-12-16-20/h7-16,21H,4-6,17-18H2,1-3H3. The summed E-state index contributed by atoms with van der Waals surface area (Å²) >= 11 is 0. The Morgan fingerprint density at radius 1 is 0.750 bits per heavy atom. The Balaban J connectivity index is 2.38. The van der Waals surface area contributed by atoms with E-state index in [2.05, 4.69) is 81.4 Å². The van der Waals surface area contributed by atoms with Crippen molar-refractivity contribution < 1.29 is 9.47 Å². The Hall–Kier alpha value is -1.64. The molecule has 0 saturated carbocycles. The first kappa shape index (κ1) is 18.7. The maximum absolute atomic E-state index is 6.42. The van der Waals surface area contributed by atoms with Crippen molar-refractivity contribution in [2.24, 2.45) is 0 Å². The highest BCUT2D eigenvalue weighted by Crippen LogP contribution is 2.31. The molecule has 0 N–H and O–H groups in total. The normalized spacial score (nSPS) is 13.0. The fourth-order valence-electron chi connectivity index (χ4n) is 3.50. The van der Waals surface area contributed by atoms with Crippen LogP contribution in [0.4, 0.5) is 0 Å². The quantitative estimate of drug-likeness (QED) is 0.607. The molecule has 2 rings (SSSR count). The average molecular weight is 326 g/mol. The van der Waals surface area contributed by atoms with Crippen LogP contribution in [-0.4, -0.2) is 24.9 Å². The van der Waals surface area contributed by atoms with E-state index in [1.54, 1.807) is 0 Å². The van der Waals surface area contributed by atoms with Crippen molar-refractivity contribution in [3.05, 3.63) is 71.8 Å². The van der Waals surface area contributed by atoms with Gasteiger partial charge in [-0.1, -0.05) is 67.6 Å². The molecule has 24 heavy (non-hydrogen) atoms. The summed E-state index contributed by atoms with van der Waals surface area (Å²) in [5.74, 6) is 0. The van der Waals surface area contributed by atoms with Crippen molar-refractivity contribution in [3.8, 4) is 0 Å². The highest BCUT2D eigenvalue weighted by molar-refractivity contribution is 5.23. The maximum Gasteiger partial charge on any atom is 0.102 e. The molecule has 0 heterocycles. The van der Waals surface area contributed by atoms with Gasteiger partial charge in [0.25, 0.3) is 0 Å². The smallest absolute Gasteiger partial charge is 0.102 e. The van der Waals surface area contributed by atoms with Gasteiger partial charge in [0.1, 0.15) is 5.60 Å². The van der Waals surface area contributed by atoms with E-state index in [0.717, 1.165) is 19.3 Å². The summed E-state index contributed by atoms with van der Waals surface area (Å²) in [7, 11) is 0. The lowest BCUT2D eigenvalue weighted by Crippen LogP contribution is -2.50. The van der Waals surface area contributed by atoms with Gasteiger partial charge in [-0.2, -0.15) is 0 Å². The minimum atomic E-state index is -0.345. The predicted molar refractivity (Wildman–Crippen MR) is 100 cm³/mol. The fraction of sp³-hybridized carbons (Fsp3) is 0.455. The van der Waals surface area contributed by atoms with E-state index < -0.39 is 0 Å². The monoisotopic (exact) mass is 326 g/mol. The molecule has 0 saturated heterocycles. The molecule has 0 radical (unpaired) electrons. The van der Waals surface area contributed by atoms with Gasteiger partial charge in [0.05, 0.1) is 6.10 Å². The molecular formula is C22H30O2. The molecule has 0 spiro atoms. The van der Waals surface area contributed by atoms with Crippen molar-refractivity contribution in [2.45, 2.75) is 51.7 Å². The molecule has 0 aromatic heterocycles. The summed E-state index contributed by atoms with van der Waals surface area (Å²) in [6, 6.07) is 21.2. The van der Waals surface area contributed by atoms with Crippen LogP contribution in [0.2, 0.25) is 0 Å². The molecule has 1 atom stereocenters. The second-order valence-electron chi connectivity index (χ2n) is 6.17. The molecule has 2 aromatic rings. The highest BCUT2D eigenvalue weighted by Gasteiger charge is 2.39. The van der Waals surface area contributed by atoms with Crippen molar-refractivity contribution in [1.29, 1.82) is 0 Å². The summed E-state index contributed by atoms with van der Waals surface area (Å²) in [6.07, 6.45) is 2.72. The molecule has 1 unspecified atom stereocenters. The van der Waals surface area contributed by atoms with Gasteiger partial charge in [0.15, 0.2) is 0 Å². The van der Waals surface area contributed by atoms with E-state index in [1.165, 1.54) is 11.1 Å². The molecule has 130 valence electrons. The Morgan fingerprint density at radius 2 is 1.25 bits per heavy atom. The van der Waals surface area contributed by atoms with Crippen LogP contribution in [-0.2, 0) is 22.3 Å². The molecule has 2 heteroatoms. The molecule has 0 amide bonds. The summed E-state index contributed by atoms with van der Waals surface area (Å²) in [4.78, 5) is 0. The third-order valence-corrected chi connectivity index (χ3v) is 4.45. The van der Waals surface area contributed by atoms with E-state index in [0.29, 0.717) is 13.2 Å². The molecule has 0 aliphatic carbocycles. The molecule has 0 bridgehead atoms. The summed E-state index contributed by atoms with van der Waals surface area (Å²) < 4.78 is 12.5. The molecule has 0 aliphatic rings. The van der Waals surface area contributed by atoms with Crippen LogP contribution in [0.15, 0.2) is 60.7 Å². The van der Waals surface area contributed by atoms with Crippen LogP contribution >= 0.6 is 0 Å². The SMILES string of the molecule is CCOC(CC)C(Cc1ccccc1)(Cc1ccccc1)OCC. The Bertz CT molecular complexity index is 524. The number of rotatable bonds is 10. The van der Waals surface area contributed by atoms with Gasteiger partial charge in [0, 0.05) is 26.1 Å². The number of hydrogen-bond acceptors (Lipinski definition) is 2. The molecular weight excluding hydrogens is 296 g/mol. The second-order valence-corrected chi connectivity index (χ2v) is 6.17. The minimum absolute atomic E-state index is 0.0721. The van der Waals surface area contributed by atoms with Gasteiger partial charge in [-0.15, -0.1) is 0 Å². The van der Waals surface area contributed by atoms with Crippen LogP contribution in [0, 0.1) is 0 Å². The van der Waals surface area contributed by atoms with E-state index in [1.807, 2.05) is 0 Å². The zero-order chi connectivity index (χ0) is 17.3. The topological polar surface area (TPSA) is 18.5 Å². The minimum Gasteiger partial charge on any atom is -0.375 e. The van der Waals surface area contributed by atoms with Gasteiger partial charge in [-0.3, -0.25) is 0 Å². The Kier molecular flexibility index (Phi) is 7.48. The van der Waals surface area contributed by atoms with Gasteiger partial charge in [0.2, 0.25) is 0 Å². The first-order chi connectivity index (χ1) is 11.7. The lowest BCUT2D eigenvalue weighted by molar-refractivity contribution is -0.143. The van der Waals surface area contributed by atoms with E-state index >= 15 is 0 Å². The summed E-state index contributed by atoms with van der Waals surface area (Å²) in [6.45, 7) is 7.71. The Labute approximate surface area is 146 Å². The number of ether oxygens (including phenoxy) is 2. The largest absolute Gasteiger partial charge is 0.375 e. The molecule has 0 aliphatic heterocycles. The third kappa shape index (κ3) is 4.93. The second kappa shape index (κ2) is 9.61. The van der Waals surface area contributed by atoms with Gasteiger partial charge >= 0.3 is 0 Å². The zero-order valence-corrected chi connectivity index (χ0v) is 15.2. The lowest BCUT2D eigenvalue weighted by Gasteiger charge is -2.40. The van der Waals surface area contributed by atoms with E-state index in [9.17, 15) is 0 Å². The van der Waals surface area contributed by atoms with Crippen molar-refractivity contribution in [1.82, 2.24) is 0 Å². The van der Waals surface area contributed by atoms with Crippen LogP contribution in [0.5, 0.6) is 0 Å². The highest BCUT2D eigenvalue weighted by atomic mass is 16.5.